The molecule has 0 spiro atoms. The Kier molecular flexibility index (Phi) is 4.98. The van der Waals surface area contributed by atoms with Gasteiger partial charge in [-0.15, -0.1) is 0 Å². The van der Waals surface area contributed by atoms with E-state index in [9.17, 15) is 18.3 Å². The van der Waals surface area contributed by atoms with Crippen molar-refractivity contribution in [1.29, 1.82) is 0 Å². The molecule has 0 aliphatic rings. The third-order valence-electron chi connectivity index (χ3n) is 3.04. The normalized spacial score (nSPS) is 13.1. The number of fused-ring (bicyclic) bond motifs is 1. The van der Waals surface area contributed by atoms with Gasteiger partial charge in [-0.1, -0.05) is 30.3 Å². The van der Waals surface area contributed by atoms with Crippen LogP contribution in [0.2, 0.25) is 0 Å². The molecule has 0 amide bonds. The molecule has 1 N–H and O–H groups in total. The SMILES string of the molecule is OC(CCOCC(F)F)c1ccc(F)c2ccccc12. The van der Waals surface area contributed by atoms with Crippen molar-refractivity contribution < 1.29 is 23.0 Å². The van der Waals surface area contributed by atoms with E-state index in [1.54, 1.807) is 24.3 Å². The number of aliphatic hydroxyl groups excluding tert-OH is 1. The number of benzene rings is 2. The molecule has 20 heavy (non-hydrogen) atoms. The molecule has 0 heterocycles. The second kappa shape index (κ2) is 6.72. The maximum Gasteiger partial charge on any atom is 0.261 e. The third-order valence-corrected chi connectivity index (χ3v) is 3.04. The molecule has 1 atom stereocenters. The Balaban J connectivity index is 2.10. The Morgan fingerprint density at radius 3 is 2.45 bits per heavy atom. The molecule has 0 fully saturated rings. The van der Waals surface area contributed by atoms with Gasteiger partial charge in [-0.2, -0.15) is 0 Å². The van der Waals surface area contributed by atoms with E-state index in [1.165, 1.54) is 12.1 Å². The number of alkyl halides is 2. The van der Waals surface area contributed by atoms with Crippen molar-refractivity contribution in [2.75, 3.05) is 13.2 Å². The van der Waals surface area contributed by atoms with Crippen LogP contribution >= 0.6 is 0 Å². The van der Waals surface area contributed by atoms with Crippen molar-refractivity contribution >= 4 is 10.8 Å². The van der Waals surface area contributed by atoms with Gasteiger partial charge < -0.3 is 9.84 Å². The molecule has 0 saturated heterocycles. The molecular weight excluding hydrogens is 269 g/mol. The van der Waals surface area contributed by atoms with Crippen molar-refractivity contribution in [3.63, 3.8) is 0 Å². The van der Waals surface area contributed by atoms with Gasteiger partial charge in [-0.25, -0.2) is 13.2 Å². The average Bonchev–Trinajstić information content (AvgIpc) is 2.44. The van der Waals surface area contributed by atoms with Crippen LogP contribution in [-0.2, 0) is 4.74 Å². The van der Waals surface area contributed by atoms with E-state index < -0.39 is 19.1 Å². The fourth-order valence-electron chi connectivity index (χ4n) is 2.10. The van der Waals surface area contributed by atoms with Gasteiger partial charge in [0.1, 0.15) is 12.4 Å². The van der Waals surface area contributed by atoms with Crippen molar-refractivity contribution in [2.24, 2.45) is 0 Å². The lowest BCUT2D eigenvalue weighted by Gasteiger charge is -2.14. The zero-order valence-electron chi connectivity index (χ0n) is 10.7. The molecule has 1 unspecified atom stereocenters. The molecule has 0 aromatic heterocycles. The molecule has 0 bridgehead atoms. The maximum atomic E-state index is 13.6. The predicted octanol–water partition coefficient (Wildman–Crippen LogP) is 3.68. The standard InChI is InChI=1S/C15H15F3O2/c16-13-6-5-12(10-3-1-2-4-11(10)13)14(19)7-8-20-9-15(17)18/h1-6,14-15,19H,7-9H2. The summed E-state index contributed by atoms with van der Waals surface area (Å²) in [4.78, 5) is 0. The van der Waals surface area contributed by atoms with Crippen molar-refractivity contribution in [3.8, 4) is 0 Å². The summed E-state index contributed by atoms with van der Waals surface area (Å²) >= 11 is 0. The zero-order valence-corrected chi connectivity index (χ0v) is 10.7. The first-order valence-corrected chi connectivity index (χ1v) is 6.30. The molecule has 2 aromatic carbocycles. The highest BCUT2D eigenvalue weighted by atomic mass is 19.3. The smallest absolute Gasteiger partial charge is 0.261 e. The summed E-state index contributed by atoms with van der Waals surface area (Å²) in [6.45, 7) is -0.617. The van der Waals surface area contributed by atoms with Gasteiger partial charge in [-0.05, 0) is 17.0 Å². The third kappa shape index (κ3) is 3.49. The lowest BCUT2D eigenvalue weighted by Crippen LogP contribution is -2.09. The van der Waals surface area contributed by atoms with E-state index >= 15 is 0 Å². The van der Waals surface area contributed by atoms with Crippen LogP contribution in [0, 0.1) is 5.82 Å². The van der Waals surface area contributed by atoms with Gasteiger partial charge in [0.25, 0.3) is 6.43 Å². The Morgan fingerprint density at radius 2 is 1.75 bits per heavy atom. The van der Waals surface area contributed by atoms with Crippen LogP contribution in [0.25, 0.3) is 10.8 Å². The van der Waals surface area contributed by atoms with Crippen LogP contribution in [0.3, 0.4) is 0 Å². The van der Waals surface area contributed by atoms with Gasteiger partial charge >= 0.3 is 0 Å². The van der Waals surface area contributed by atoms with Gasteiger partial charge in [0.15, 0.2) is 0 Å². The largest absolute Gasteiger partial charge is 0.388 e. The number of ether oxygens (including phenoxy) is 1. The number of aliphatic hydroxyl groups is 1. The lowest BCUT2D eigenvalue weighted by atomic mass is 9.98. The van der Waals surface area contributed by atoms with Crippen LogP contribution in [0.1, 0.15) is 18.1 Å². The first-order chi connectivity index (χ1) is 9.59. The summed E-state index contributed by atoms with van der Waals surface area (Å²) in [6.07, 6.45) is -3.21. The van der Waals surface area contributed by atoms with E-state index in [4.69, 9.17) is 4.74 Å². The highest BCUT2D eigenvalue weighted by Crippen LogP contribution is 2.28. The molecule has 2 nitrogen and oxygen atoms in total. The average molecular weight is 284 g/mol. The van der Waals surface area contributed by atoms with E-state index in [0.717, 1.165) is 0 Å². The van der Waals surface area contributed by atoms with Gasteiger partial charge in [0.2, 0.25) is 0 Å². The summed E-state index contributed by atoms with van der Waals surface area (Å²) in [5.41, 5.74) is 0.572. The van der Waals surface area contributed by atoms with E-state index in [2.05, 4.69) is 0 Å². The van der Waals surface area contributed by atoms with Crippen molar-refractivity contribution in [1.82, 2.24) is 0 Å². The molecule has 0 saturated carbocycles. The molecule has 2 rings (SSSR count). The van der Waals surface area contributed by atoms with Gasteiger partial charge in [0, 0.05) is 18.4 Å². The van der Waals surface area contributed by atoms with Gasteiger partial charge in [0.05, 0.1) is 6.10 Å². The van der Waals surface area contributed by atoms with Crippen molar-refractivity contribution in [3.05, 3.63) is 47.8 Å². The monoisotopic (exact) mass is 284 g/mol. The van der Waals surface area contributed by atoms with E-state index in [-0.39, 0.29) is 18.8 Å². The van der Waals surface area contributed by atoms with Crippen LogP contribution in [-0.4, -0.2) is 24.7 Å². The summed E-state index contributed by atoms with van der Waals surface area (Å²) in [5.74, 6) is -0.356. The fourth-order valence-corrected chi connectivity index (χ4v) is 2.10. The molecule has 0 aliphatic heterocycles. The first kappa shape index (κ1) is 14.8. The molecular formula is C15H15F3O2. The Labute approximate surface area is 114 Å². The van der Waals surface area contributed by atoms with Crippen LogP contribution < -0.4 is 0 Å². The lowest BCUT2D eigenvalue weighted by molar-refractivity contribution is 0.00495. The van der Waals surface area contributed by atoms with Crippen LogP contribution in [0.15, 0.2) is 36.4 Å². The Hall–Kier alpha value is -1.59. The molecule has 0 radical (unpaired) electrons. The maximum absolute atomic E-state index is 13.6. The highest BCUT2D eigenvalue weighted by molar-refractivity contribution is 5.86. The van der Waals surface area contributed by atoms with Crippen LogP contribution in [0.5, 0.6) is 0 Å². The summed E-state index contributed by atoms with van der Waals surface area (Å²) in [7, 11) is 0. The summed E-state index contributed by atoms with van der Waals surface area (Å²) in [6, 6.07) is 9.63. The molecule has 108 valence electrons. The summed E-state index contributed by atoms with van der Waals surface area (Å²) < 4.78 is 42.2. The first-order valence-electron chi connectivity index (χ1n) is 6.30. The number of rotatable bonds is 6. The van der Waals surface area contributed by atoms with E-state index in [0.29, 0.717) is 16.3 Å². The van der Waals surface area contributed by atoms with E-state index in [1.807, 2.05) is 0 Å². The topological polar surface area (TPSA) is 29.5 Å². The molecule has 5 heteroatoms. The predicted molar refractivity (Wildman–Crippen MR) is 70.3 cm³/mol. The zero-order chi connectivity index (χ0) is 14.5. The molecule has 0 aliphatic carbocycles. The Morgan fingerprint density at radius 1 is 1.05 bits per heavy atom. The second-order valence-corrected chi connectivity index (χ2v) is 4.45. The number of hydrogen-bond donors (Lipinski definition) is 1. The minimum Gasteiger partial charge on any atom is -0.388 e. The quantitative estimate of drug-likeness (QED) is 0.820. The molecule has 2 aromatic rings. The number of hydrogen-bond acceptors (Lipinski definition) is 2. The number of halogens is 3. The highest BCUT2D eigenvalue weighted by Gasteiger charge is 2.13. The van der Waals surface area contributed by atoms with Crippen molar-refractivity contribution in [2.45, 2.75) is 19.0 Å². The minimum atomic E-state index is -2.52. The Bertz CT molecular complexity index is 572. The second-order valence-electron chi connectivity index (χ2n) is 4.45. The summed E-state index contributed by atoms with van der Waals surface area (Å²) in [5, 5.41) is 11.1. The van der Waals surface area contributed by atoms with Crippen LogP contribution in [0.4, 0.5) is 13.2 Å². The minimum absolute atomic E-state index is 0.0250. The fraction of sp³-hybridized carbons (Fsp3) is 0.333. The van der Waals surface area contributed by atoms with Gasteiger partial charge in [-0.3, -0.25) is 0 Å².